The minimum absolute atomic E-state index is 0.392. The molecule has 0 aliphatic rings. The normalized spacial score (nSPS) is 12.4. The molecule has 0 aliphatic heterocycles. The molecule has 0 unspecified atom stereocenters. The van der Waals surface area contributed by atoms with Gasteiger partial charge in [0.2, 0.25) is 0 Å². The molecular weight excluding hydrogens is 376 g/mol. The van der Waals surface area contributed by atoms with E-state index in [2.05, 4.69) is 34.6 Å². The molecule has 28 heavy (non-hydrogen) atoms. The predicted octanol–water partition coefficient (Wildman–Crippen LogP) is 8.09. The highest BCUT2D eigenvalue weighted by atomic mass is 28.4. The maximum atomic E-state index is 6.11. The van der Waals surface area contributed by atoms with Crippen molar-refractivity contribution in [2.75, 3.05) is 6.61 Å². The third-order valence-corrected chi connectivity index (χ3v) is 9.18. The summed E-state index contributed by atoms with van der Waals surface area (Å²) in [6.07, 6.45) is 22.7. The van der Waals surface area contributed by atoms with Gasteiger partial charge in [0.05, 0.1) is 0 Å². The highest BCUT2D eigenvalue weighted by molar-refractivity contribution is 6.54. The fourth-order valence-corrected chi connectivity index (χ4v) is 7.78. The fourth-order valence-electron chi connectivity index (χ4n) is 3.45. The number of unbranched alkanes of at least 4 members (excludes halogenated alkanes) is 15. The molecule has 0 bridgehead atoms. The minimum atomic E-state index is -1.02. The quantitative estimate of drug-likeness (QED) is 0.128. The van der Waals surface area contributed by atoms with Gasteiger partial charge in [-0.3, -0.25) is 0 Å². The SMILES string of the molecule is CCCCCCCCCCCCCCCCCCO[Si](O[SiH2]C(C)C)C(C)C. The molecule has 0 amide bonds. The Bertz CT molecular complexity index is 298. The van der Waals surface area contributed by atoms with Gasteiger partial charge in [0, 0.05) is 6.61 Å². The van der Waals surface area contributed by atoms with Gasteiger partial charge in [0.15, 0.2) is 9.76 Å². The first-order valence-corrected chi connectivity index (χ1v) is 15.5. The molecule has 0 aliphatic carbocycles. The van der Waals surface area contributed by atoms with Gasteiger partial charge in [-0.05, 0) is 17.5 Å². The van der Waals surface area contributed by atoms with Crippen molar-refractivity contribution in [1.29, 1.82) is 0 Å². The molecule has 2 nitrogen and oxygen atoms in total. The molecule has 169 valence electrons. The number of hydrogen-bond donors (Lipinski definition) is 0. The Hall–Kier alpha value is 0.354. The zero-order valence-electron chi connectivity index (χ0n) is 20.2. The molecule has 0 N–H and O–H groups in total. The number of hydrogen-bond acceptors (Lipinski definition) is 2. The van der Waals surface area contributed by atoms with Gasteiger partial charge in [0.25, 0.3) is 0 Å². The predicted molar refractivity (Wildman–Crippen MR) is 131 cm³/mol. The van der Waals surface area contributed by atoms with E-state index in [4.69, 9.17) is 8.54 Å². The van der Waals surface area contributed by atoms with Crippen LogP contribution >= 0.6 is 0 Å². The summed E-state index contributed by atoms with van der Waals surface area (Å²) in [6.45, 7) is 12.2. The van der Waals surface area contributed by atoms with Crippen LogP contribution in [0.25, 0.3) is 0 Å². The second-order valence-electron chi connectivity index (χ2n) is 9.33. The summed E-state index contributed by atoms with van der Waals surface area (Å²) < 4.78 is 12.2. The van der Waals surface area contributed by atoms with Crippen LogP contribution in [0.15, 0.2) is 0 Å². The van der Waals surface area contributed by atoms with E-state index in [-0.39, 0.29) is 0 Å². The standard InChI is InChI=1S/C24H53O2Si2/c1-6-7-8-9-10-11-12-13-14-15-16-17-18-19-20-21-22-25-28(24(4)5)26-27-23(2)3/h23-24H,6-22,27H2,1-5H3. The summed E-state index contributed by atoms with van der Waals surface area (Å²) in [5, 5.41) is 0. The van der Waals surface area contributed by atoms with Crippen LogP contribution in [-0.2, 0) is 8.54 Å². The molecule has 1 radical (unpaired) electrons. The Morgan fingerprint density at radius 3 is 1.36 bits per heavy atom. The van der Waals surface area contributed by atoms with E-state index < -0.39 is 19.0 Å². The van der Waals surface area contributed by atoms with Crippen molar-refractivity contribution in [3.8, 4) is 0 Å². The summed E-state index contributed by atoms with van der Waals surface area (Å²) in [7, 11) is -1.41. The lowest BCUT2D eigenvalue weighted by Gasteiger charge is -2.19. The molecule has 0 aromatic carbocycles. The van der Waals surface area contributed by atoms with Crippen LogP contribution < -0.4 is 0 Å². The minimum Gasteiger partial charge on any atom is -0.440 e. The van der Waals surface area contributed by atoms with Gasteiger partial charge >= 0.3 is 9.28 Å². The lowest BCUT2D eigenvalue weighted by atomic mass is 10.0. The largest absolute Gasteiger partial charge is 0.440 e. The van der Waals surface area contributed by atoms with Crippen LogP contribution in [0.3, 0.4) is 0 Å². The van der Waals surface area contributed by atoms with Crippen molar-refractivity contribution >= 4 is 19.0 Å². The molecular formula is C24H53O2Si2. The van der Waals surface area contributed by atoms with E-state index >= 15 is 0 Å². The van der Waals surface area contributed by atoms with Crippen molar-refractivity contribution in [2.24, 2.45) is 0 Å². The maximum absolute atomic E-state index is 6.11. The summed E-state index contributed by atoms with van der Waals surface area (Å²) in [5.41, 5.74) is 1.30. The van der Waals surface area contributed by atoms with E-state index in [9.17, 15) is 0 Å². The third-order valence-electron chi connectivity index (χ3n) is 5.27. The first-order valence-electron chi connectivity index (χ1n) is 12.7. The van der Waals surface area contributed by atoms with Crippen molar-refractivity contribution in [1.82, 2.24) is 0 Å². The lowest BCUT2D eigenvalue weighted by Crippen LogP contribution is -2.29. The van der Waals surface area contributed by atoms with Crippen molar-refractivity contribution in [2.45, 2.75) is 148 Å². The molecule has 0 saturated heterocycles. The van der Waals surface area contributed by atoms with Crippen molar-refractivity contribution in [3.05, 3.63) is 0 Å². The average molecular weight is 430 g/mol. The molecule has 0 rings (SSSR count). The average Bonchev–Trinajstić information content (AvgIpc) is 2.66. The van der Waals surface area contributed by atoms with Crippen LogP contribution in [0.1, 0.15) is 137 Å². The van der Waals surface area contributed by atoms with E-state index in [0.29, 0.717) is 5.54 Å². The van der Waals surface area contributed by atoms with Gasteiger partial charge in [-0.1, -0.05) is 131 Å². The lowest BCUT2D eigenvalue weighted by molar-refractivity contribution is 0.252. The van der Waals surface area contributed by atoms with Crippen molar-refractivity contribution in [3.63, 3.8) is 0 Å². The summed E-state index contributed by atoms with van der Waals surface area (Å²) in [4.78, 5) is 0. The second kappa shape index (κ2) is 22.0. The Morgan fingerprint density at radius 2 is 1.00 bits per heavy atom. The van der Waals surface area contributed by atoms with E-state index in [0.717, 1.165) is 12.1 Å². The summed E-state index contributed by atoms with van der Waals surface area (Å²) in [5.74, 6) is 0. The van der Waals surface area contributed by atoms with Crippen LogP contribution in [0, 0.1) is 0 Å². The fraction of sp³-hybridized carbons (Fsp3) is 1.00. The van der Waals surface area contributed by atoms with E-state index in [1.807, 2.05) is 0 Å². The highest BCUT2D eigenvalue weighted by Gasteiger charge is 2.20. The van der Waals surface area contributed by atoms with Crippen LogP contribution in [0.2, 0.25) is 11.1 Å². The molecule has 0 saturated carbocycles. The Morgan fingerprint density at radius 1 is 0.607 bits per heavy atom. The maximum Gasteiger partial charge on any atom is 0.376 e. The molecule has 0 atom stereocenters. The van der Waals surface area contributed by atoms with Gasteiger partial charge < -0.3 is 8.54 Å². The molecule has 0 fully saturated rings. The summed E-state index contributed by atoms with van der Waals surface area (Å²) >= 11 is 0. The summed E-state index contributed by atoms with van der Waals surface area (Å²) in [6, 6.07) is 0. The zero-order chi connectivity index (χ0) is 20.9. The second-order valence-corrected chi connectivity index (χ2v) is 14.5. The van der Waals surface area contributed by atoms with Crippen LogP contribution in [0.5, 0.6) is 0 Å². The number of rotatable bonds is 22. The first kappa shape index (κ1) is 28.4. The van der Waals surface area contributed by atoms with E-state index in [1.165, 1.54) is 103 Å². The molecule has 4 heteroatoms. The molecule has 0 aromatic rings. The Kier molecular flexibility index (Phi) is 22.3. The topological polar surface area (TPSA) is 18.5 Å². The zero-order valence-corrected chi connectivity index (χ0v) is 22.6. The van der Waals surface area contributed by atoms with Gasteiger partial charge in [-0.2, -0.15) is 0 Å². The Balaban J connectivity index is 3.26. The monoisotopic (exact) mass is 429 g/mol. The first-order chi connectivity index (χ1) is 13.6. The van der Waals surface area contributed by atoms with E-state index in [1.54, 1.807) is 0 Å². The van der Waals surface area contributed by atoms with Gasteiger partial charge in [-0.25, -0.2) is 0 Å². The highest BCUT2D eigenvalue weighted by Crippen LogP contribution is 2.15. The molecule has 0 spiro atoms. The van der Waals surface area contributed by atoms with Gasteiger partial charge in [0.1, 0.15) is 0 Å². The molecule has 0 heterocycles. The third kappa shape index (κ3) is 21.1. The van der Waals surface area contributed by atoms with Crippen molar-refractivity contribution < 1.29 is 8.54 Å². The van der Waals surface area contributed by atoms with Crippen LogP contribution in [-0.4, -0.2) is 25.7 Å². The molecule has 0 aromatic heterocycles. The van der Waals surface area contributed by atoms with Gasteiger partial charge in [-0.15, -0.1) is 0 Å². The smallest absolute Gasteiger partial charge is 0.376 e. The van der Waals surface area contributed by atoms with Crippen LogP contribution in [0.4, 0.5) is 0 Å². The Labute approximate surface area is 182 Å².